The van der Waals surface area contributed by atoms with Gasteiger partial charge in [-0.15, -0.1) is 13.2 Å². The van der Waals surface area contributed by atoms with E-state index in [0.717, 1.165) is 37.7 Å². The number of aliphatic hydroxyl groups excluding tert-OH is 1. The van der Waals surface area contributed by atoms with E-state index in [2.05, 4.69) is 10.1 Å². The van der Waals surface area contributed by atoms with Crippen LogP contribution in [-0.4, -0.2) is 47.8 Å². The fraction of sp³-hybridized carbons (Fsp3) is 0.524. The van der Waals surface area contributed by atoms with E-state index in [0.29, 0.717) is 0 Å². The number of alkyl halides is 3. The molecule has 3 aliphatic rings. The van der Waals surface area contributed by atoms with Gasteiger partial charge < -0.3 is 20.1 Å². The number of likely N-dealkylation sites (N-methyl/N-ethyl adjacent to an activating group) is 1. The Morgan fingerprint density at radius 2 is 2.00 bits per heavy atom. The summed E-state index contributed by atoms with van der Waals surface area (Å²) in [6, 6.07) is 6.13. The first-order valence-corrected chi connectivity index (χ1v) is 9.92. The second-order valence-corrected chi connectivity index (χ2v) is 8.48. The number of hydrogen-bond donors (Lipinski definition) is 2. The second kappa shape index (κ2) is 7.21. The Bertz CT molecular complexity index is 904. The molecular formula is C21H23F3N2O4. The lowest BCUT2D eigenvalue weighted by Crippen LogP contribution is -2.33. The number of ether oxygens (including phenoxy) is 1. The molecule has 2 amide bonds. The predicted octanol–water partition coefficient (Wildman–Crippen LogP) is 3.40. The first-order valence-electron chi connectivity index (χ1n) is 9.92. The maximum atomic E-state index is 12.5. The molecule has 1 unspecified atom stereocenters. The zero-order valence-corrected chi connectivity index (χ0v) is 16.5. The molecule has 1 aromatic rings. The Balaban J connectivity index is 1.33. The number of nitrogens with zero attached hydrogens (tertiary/aromatic N) is 1. The first-order chi connectivity index (χ1) is 14.1. The number of carbonyl (C=O) groups is 2. The highest BCUT2D eigenvalue weighted by Gasteiger charge is 2.56. The minimum Gasteiger partial charge on any atom is -0.503 e. The van der Waals surface area contributed by atoms with Crippen LogP contribution >= 0.6 is 0 Å². The second-order valence-electron chi connectivity index (χ2n) is 8.48. The lowest BCUT2D eigenvalue weighted by molar-refractivity contribution is -0.274. The van der Waals surface area contributed by atoms with Crippen LogP contribution in [0.3, 0.4) is 0 Å². The Labute approximate surface area is 171 Å². The average molecular weight is 424 g/mol. The number of amides is 2. The van der Waals surface area contributed by atoms with Gasteiger partial charge in [-0.2, -0.15) is 0 Å². The van der Waals surface area contributed by atoms with Gasteiger partial charge in [-0.25, -0.2) is 0 Å². The predicted molar refractivity (Wildman–Crippen MR) is 101 cm³/mol. The molecule has 2 aliphatic carbocycles. The summed E-state index contributed by atoms with van der Waals surface area (Å²) in [5.41, 5.74) is 0.923. The lowest BCUT2D eigenvalue weighted by atomic mass is 9.76. The molecule has 2 fully saturated rings. The highest BCUT2D eigenvalue weighted by atomic mass is 19.4. The molecule has 162 valence electrons. The smallest absolute Gasteiger partial charge is 0.503 e. The van der Waals surface area contributed by atoms with Crippen LogP contribution in [0.5, 0.6) is 5.75 Å². The number of benzene rings is 1. The van der Waals surface area contributed by atoms with Gasteiger partial charge in [0.05, 0.1) is 12.1 Å². The monoisotopic (exact) mass is 424 g/mol. The van der Waals surface area contributed by atoms with E-state index in [9.17, 15) is 27.9 Å². The molecule has 1 heterocycles. The van der Waals surface area contributed by atoms with Crippen LogP contribution in [0.4, 0.5) is 13.2 Å². The number of carbonyl (C=O) groups excluding carboxylic acids is 2. The third kappa shape index (κ3) is 3.97. The summed E-state index contributed by atoms with van der Waals surface area (Å²) < 4.78 is 41.4. The third-order valence-electron chi connectivity index (χ3n) is 6.54. The van der Waals surface area contributed by atoms with Crippen molar-refractivity contribution in [3.63, 3.8) is 0 Å². The summed E-state index contributed by atoms with van der Waals surface area (Å²) >= 11 is 0. The number of rotatable bonds is 4. The number of aliphatic hydroxyl groups is 1. The van der Waals surface area contributed by atoms with Gasteiger partial charge in [0, 0.05) is 13.1 Å². The van der Waals surface area contributed by atoms with Crippen LogP contribution in [0.25, 0.3) is 0 Å². The van der Waals surface area contributed by atoms with E-state index in [-0.39, 0.29) is 35.2 Å². The van der Waals surface area contributed by atoms with E-state index >= 15 is 0 Å². The van der Waals surface area contributed by atoms with E-state index in [1.807, 2.05) is 6.07 Å². The average Bonchev–Trinajstić information content (AvgIpc) is 3.26. The molecule has 1 aliphatic heterocycles. The van der Waals surface area contributed by atoms with E-state index in [1.54, 1.807) is 6.07 Å². The van der Waals surface area contributed by atoms with Crippen molar-refractivity contribution in [2.75, 3.05) is 13.6 Å². The molecule has 0 radical (unpaired) electrons. The minimum atomic E-state index is -4.71. The van der Waals surface area contributed by atoms with Gasteiger partial charge in [-0.05, 0) is 61.1 Å². The van der Waals surface area contributed by atoms with E-state index in [4.69, 9.17) is 0 Å². The molecule has 0 saturated heterocycles. The van der Waals surface area contributed by atoms with Crippen LogP contribution in [0.15, 0.2) is 35.6 Å². The molecule has 9 heteroatoms. The topological polar surface area (TPSA) is 78.9 Å². The molecule has 2 N–H and O–H groups in total. The van der Waals surface area contributed by atoms with Crippen LogP contribution < -0.4 is 10.1 Å². The summed E-state index contributed by atoms with van der Waals surface area (Å²) in [4.78, 5) is 25.4. The van der Waals surface area contributed by atoms with Crippen LogP contribution in [-0.2, 0) is 9.59 Å². The van der Waals surface area contributed by atoms with Crippen molar-refractivity contribution in [1.82, 2.24) is 10.2 Å². The van der Waals surface area contributed by atoms with Crippen molar-refractivity contribution < 1.29 is 32.6 Å². The maximum Gasteiger partial charge on any atom is 0.573 e. The number of halogens is 3. The van der Waals surface area contributed by atoms with Gasteiger partial charge in [-0.3, -0.25) is 9.59 Å². The molecule has 0 aromatic heterocycles. The van der Waals surface area contributed by atoms with Crippen molar-refractivity contribution >= 4 is 11.8 Å². The maximum absolute atomic E-state index is 12.5. The Morgan fingerprint density at radius 1 is 1.30 bits per heavy atom. The fourth-order valence-corrected chi connectivity index (χ4v) is 4.71. The van der Waals surface area contributed by atoms with Crippen LogP contribution in [0, 0.1) is 5.41 Å². The van der Waals surface area contributed by atoms with Gasteiger partial charge in [-0.1, -0.05) is 12.1 Å². The Morgan fingerprint density at radius 3 is 2.60 bits per heavy atom. The zero-order chi connectivity index (χ0) is 21.7. The van der Waals surface area contributed by atoms with Crippen molar-refractivity contribution in [3.05, 3.63) is 41.2 Å². The van der Waals surface area contributed by atoms with Crippen LogP contribution in [0.2, 0.25) is 0 Å². The Hall–Kier alpha value is -2.71. The number of nitrogens with one attached hydrogen (secondary N) is 1. The van der Waals surface area contributed by atoms with Crippen LogP contribution in [0.1, 0.15) is 43.6 Å². The van der Waals surface area contributed by atoms with Gasteiger partial charge in [0.2, 0.25) is 0 Å². The Kier molecular flexibility index (Phi) is 4.94. The molecule has 1 aromatic carbocycles. The fourth-order valence-electron chi connectivity index (χ4n) is 4.71. The van der Waals surface area contributed by atoms with Gasteiger partial charge >= 0.3 is 6.36 Å². The largest absolute Gasteiger partial charge is 0.573 e. The summed E-state index contributed by atoms with van der Waals surface area (Å²) in [5, 5.41) is 12.8. The van der Waals surface area contributed by atoms with Crippen molar-refractivity contribution in [2.24, 2.45) is 5.41 Å². The third-order valence-corrected chi connectivity index (χ3v) is 6.54. The van der Waals surface area contributed by atoms with Gasteiger partial charge in [0.1, 0.15) is 5.75 Å². The zero-order valence-electron chi connectivity index (χ0n) is 16.5. The summed E-state index contributed by atoms with van der Waals surface area (Å²) in [5.74, 6) is -1.51. The normalized spacial score (nSPS) is 28.8. The van der Waals surface area contributed by atoms with Crippen molar-refractivity contribution in [3.8, 4) is 5.75 Å². The molecule has 1 atom stereocenters. The molecular weight excluding hydrogens is 401 g/mol. The highest BCUT2D eigenvalue weighted by molar-refractivity contribution is 6.07. The molecule has 30 heavy (non-hydrogen) atoms. The van der Waals surface area contributed by atoms with Crippen molar-refractivity contribution in [2.45, 2.75) is 50.4 Å². The standard InChI is InChI=1S/C21H23F3N2O4/c1-26-11-15(17(27)19(26)29)18(28)25-16-10-20(16)7-5-12(6-8-20)13-3-2-4-14(9-13)30-21(22,23)24/h2-4,9,12,16,27H,5-8,10-11H2,1H3,(H,25,28). The SMILES string of the molecule is CN1CC(C(=O)NC2CC23CCC(c2cccc(OC(F)(F)F)c2)CC3)=C(O)C1=O. The molecule has 4 rings (SSSR count). The van der Waals surface area contributed by atoms with Gasteiger partial charge in [0.15, 0.2) is 5.76 Å². The lowest BCUT2D eigenvalue weighted by Gasteiger charge is -2.30. The van der Waals surface area contributed by atoms with E-state index in [1.165, 1.54) is 24.1 Å². The molecule has 0 bridgehead atoms. The molecule has 6 nitrogen and oxygen atoms in total. The van der Waals surface area contributed by atoms with Crippen molar-refractivity contribution in [1.29, 1.82) is 0 Å². The molecule has 2 saturated carbocycles. The minimum absolute atomic E-state index is 0.00304. The molecule has 1 spiro atoms. The summed E-state index contributed by atoms with van der Waals surface area (Å²) in [6.45, 7) is 0.0919. The quantitative estimate of drug-likeness (QED) is 0.777. The highest BCUT2D eigenvalue weighted by Crippen LogP contribution is 2.58. The van der Waals surface area contributed by atoms with E-state index < -0.39 is 23.9 Å². The first kappa shape index (κ1) is 20.6. The summed E-state index contributed by atoms with van der Waals surface area (Å²) in [6.07, 6.45) is -0.528. The number of hydrogen-bond acceptors (Lipinski definition) is 4. The summed E-state index contributed by atoms with van der Waals surface area (Å²) in [7, 11) is 1.52. The van der Waals surface area contributed by atoms with Gasteiger partial charge in [0.25, 0.3) is 11.8 Å².